The highest BCUT2D eigenvalue weighted by Crippen LogP contribution is 2.33. The van der Waals surface area contributed by atoms with Gasteiger partial charge in [0.2, 0.25) is 0 Å². The Morgan fingerprint density at radius 2 is 2.00 bits per heavy atom. The summed E-state index contributed by atoms with van der Waals surface area (Å²) in [5.74, 6) is -1.65. The van der Waals surface area contributed by atoms with E-state index in [1.165, 1.54) is 26.0 Å². The number of phenolic OH excluding ortho intramolecular Hbond substituents is 1. The molecule has 0 aliphatic rings. The van der Waals surface area contributed by atoms with Gasteiger partial charge in [0.15, 0.2) is 5.60 Å². The zero-order valence-electron chi connectivity index (χ0n) is 11.0. The van der Waals surface area contributed by atoms with Crippen LogP contribution in [0.1, 0.15) is 26.3 Å². The summed E-state index contributed by atoms with van der Waals surface area (Å²) in [6.07, 6.45) is 0. The highest BCUT2D eigenvalue weighted by molar-refractivity contribution is 5.81. The van der Waals surface area contributed by atoms with Gasteiger partial charge in [0.25, 0.3) is 0 Å². The van der Waals surface area contributed by atoms with Crippen molar-refractivity contribution in [3.63, 3.8) is 0 Å². The molecule has 1 aromatic rings. The number of aliphatic hydroxyl groups is 1. The summed E-state index contributed by atoms with van der Waals surface area (Å²) in [4.78, 5) is 22.4. The number of esters is 2. The number of rotatable bonds is 4. The summed E-state index contributed by atoms with van der Waals surface area (Å²) in [6, 6.07) is 3.80. The topological polar surface area (TPSA) is 93.1 Å². The van der Waals surface area contributed by atoms with Crippen LogP contribution in [0, 0.1) is 0 Å². The molecule has 1 rings (SSSR count). The Morgan fingerprint density at radius 3 is 2.47 bits per heavy atom. The SMILES string of the molecule is CCOC(=O)C(C)(O)c1ccc(OC(C)=O)cc1O. The molecule has 0 aliphatic carbocycles. The van der Waals surface area contributed by atoms with E-state index in [1.54, 1.807) is 6.92 Å². The molecule has 0 fully saturated rings. The Labute approximate surface area is 110 Å². The zero-order chi connectivity index (χ0) is 14.6. The maximum atomic E-state index is 11.6. The summed E-state index contributed by atoms with van der Waals surface area (Å²) in [5.41, 5.74) is -2.00. The summed E-state index contributed by atoms with van der Waals surface area (Å²) >= 11 is 0. The van der Waals surface area contributed by atoms with Crippen LogP contribution in [0.25, 0.3) is 0 Å². The van der Waals surface area contributed by atoms with Gasteiger partial charge in [0.05, 0.1) is 6.61 Å². The van der Waals surface area contributed by atoms with Crippen LogP contribution in [-0.4, -0.2) is 28.8 Å². The molecular weight excluding hydrogens is 252 g/mol. The maximum absolute atomic E-state index is 11.6. The first-order valence-electron chi connectivity index (χ1n) is 5.70. The van der Waals surface area contributed by atoms with Crippen LogP contribution < -0.4 is 4.74 Å². The quantitative estimate of drug-likeness (QED) is 0.627. The minimum absolute atomic E-state index is 0.0261. The lowest BCUT2D eigenvalue weighted by Crippen LogP contribution is -2.34. The summed E-state index contributed by atoms with van der Waals surface area (Å²) in [7, 11) is 0. The monoisotopic (exact) mass is 268 g/mol. The van der Waals surface area contributed by atoms with Gasteiger partial charge in [-0.3, -0.25) is 4.79 Å². The van der Waals surface area contributed by atoms with Gasteiger partial charge in [-0.15, -0.1) is 0 Å². The third-order valence-electron chi connectivity index (χ3n) is 2.43. The second-order valence-electron chi connectivity index (χ2n) is 4.07. The lowest BCUT2D eigenvalue weighted by molar-refractivity contribution is -0.164. The van der Waals surface area contributed by atoms with Crippen LogP contribution in [0.2, 0.25) is 0 Å². The molecule has 6 heteroatoms. The fourth-order valence-corrected chi connectivity index (χ4v) is 1.53. The van der Waals surface area contributed by atoms with E-state index in [2.05, 4.69) is 0 Å². The summed E-state index contributed by atoms with van der Waals surface area (Å²) in [5, 5.41) is 19.9. The lowest BCUT2D eigenvalue weighted by Gasteiger charge is -2.22. The van der Waals surface area contributed by atoms with Gasteiger partial charge in [-0.1, -0.05) is 0 Å². The van der Waals surface area contributed by atoms with Crippen LogP contribution >= 0.6 is 0 Å². The van der Waals surface area contributed by atoms with Gasteiger partial charge in [-0.2, -0.15) is 0 Å². The Morgan fingerprint density at radius 1 is 1.37 bits per heavy atom. The Bertz CT molecular complexity index is 492. The third-order valence-corrected chi connectivity index (χ3v) is 2.43. The number of carbonyl (C=O) groups excluding carboxylic acids is 2. The zero-order valence-corrected chi connectivity index (χ0v) is 11.0. The predicted octanol–water partition coefficient (Wildman–Crippen LogP) is 1.09. The van der Waals surface area contributed by atoms with Crippen molar-refractivity contribution in [1.29, 1.82) is 0 Å². The van der Waals surface area contributed by atoms with Gasteiger partial charge in [-0.25, -0.2) is 4.79 Å². The maximum Gasteiger partial charge on any atom is 0.342 e. The van der Waals surface area contributed by atoms with E-state index in [-0.39, 0.29) is 23.7 Å². The normalized spacial score (nSPS) is 13.5. The van der Waals surface area contributed by atoms with Gasteiger partial charge in [-0.05, 0) is 26.0 Å². The fraction of sp³-hybridized carbons (Fsp3) is 0.385. The molecule has 104 valence electrons. The third kappa shape index (κ3) is 3.45. The lowest BCUT2D eigenvalue weighted by atomic mass is 9.95. The van der Waals surface area contributed by atoms with E-state index in [9.17, 15) is 19.8 Å². The number of aromatic hydroxyl groups is 1. The average molecular weight is 268 g/mol. The Kier molecular flexibility index (Phi) is 4.50. The molecule has 1 aromatic carbocycles. The Hall–Kier alpha value is -2.08. The second kappa shape index (κ2) is 5.71. The van der Waals surface area contributed by atoms with Crippen molar-refractivity contribution >= 4 is 11.9 Å². The van der Waals surface area contributed by atoms with E-state index >= 15 is 0 Å². The summed E-state index contributed by atoms with van der Waals surface area (Å²) < 4.78 is 9.50. The summed E-state index contributed by atoms with van der Waals surface area (Å²) in [6.45, 7) is 4.16. The van der Waals surface area contributed by atoms with Crippen LogP contribution in [0.3, 0.4) is 0 Å². The standard InChI is InChI=1S/C13H16O6/c1-4-18-12(16)13(3,17)10-6-5-9(7-11(10)15)19-8(2)14/h5-7,15,17H,4H2,1-3H3. The molecule has 6 nitrogen and oxygen atoms in total. The second-order valence-corrected chi connectivity index (χ2v) is 4.07. The molecule has 0 amide bonds. The van der Waals surface area contributed by atoms with Crippen LogP contribution in [0.5, 0.6) is 11.5 Å². The van der Waals surface area contributed by atoms with Gasteiger partial charge < -0.3 is 19.7 Å². The van der Waals surface area contributed by atoms with Crippen molar-refractivity contribution in [1.82, 2.24) is 0 Å². The smallest absolute Gasteiger partial charge is 0.342 e. The van der Waals surface area contributed by atoms with Crippen molar-refractivity contribution in [2.75, 3.05) is 6.61 Å². The number of phenols is 1. The van der Waals surface area contributed by atoms with Gasteiger partial charge >= 0.3 is 11.9 Å². The highest BCUT2D eigenvalue weighted by Gasteiger charge is 2.36. The van der Waals surface area contributed by atoms with Crippen molar-refractivity contribution in [2.24, 2.45) is 0 Å². The van der Waals surface area contributed by atoms with E-state index < -0.39 is 17.5 Å². The number of benzene rings is 1. The molecule has 0 spiro atoms. The van der Waals surface area contributed by atoms with E-state index in [4.69, 9.17) is 9.47 Å². The first-order chi connectivity index (χ1) is 8.78. The molecule has 0 radical (unpaired) electrons. The molecule has 2 N–H and O–H groups in total. The molecular formula is C13H16O6. The van der Waals surface area contributed by atoms with Crippen LogP contribution in [-0.2, 0) is 19.9 Å². The molecule has 1 atom stereocenters. The van der Waals surface area contributed by atoms with E-state index in [1.807, 2.05) is 0 Å². The van der Waals surface area contributed by atoms with Crippen LogP contribution in [0.15, 0.2) is 18.2 Å². The van der Waals surface area contributed by atoms with E-state index in [0.717, 1.165) is 6.07 Å². The minimum Gasteiger partial charge on any atom is -0.507 e. The van der Waals surface area contributed by atoms with Crippen molar-refractivity contribution in [3.8, 4) is 11.5 Å². The first kappa shape index (κ1) is 15.0. The molecule has 0 saturated heterocycles. The van der Waals surface area contributed by atoms with Crippen molar-refractivity contribution in [3.05, 3.63) is 23.8 Å². The highest BCUT2D eigenvalue weighted by atomic mass is 16.5. The number of hydrogen-bond donors (Lipinski definition) is 2. The molecule has 19 heavy (non-hydrogen) atoms. The predicted molar refractivity (Wildman–Crippen MR) is 65.6 cm³/mol. The Balaban J connectivity index is 3.07. The minimum atomic E-state index is -1.98. The molecule has 1 unspecified atom stereocenters. The molecule has 0 aromatic heterocycles. The largest absolute Gasteiger partial charge is 0.507 e. The molecule has 0 heterocycles. The number of hydrogen-bond acceptors (Lipinski definition) is 6. The van der Waals surface area contributed by atoms with Crippen molar-refractivity contribution in [2.45, 2.75) is 26.4 Å². The van der Waals surface area contributed by atoms with Crippen LogP contribution in [0.4, 0.5) is 0 Å². The molecule has 0 aliphatic heterocycles. The molecule has 0 bridgehead atoms. The average Bonchev–Trinajstić information content (AvgIpc) is 2.28. The van der Waals surface area contributed by atoms with Gasteiger partial charge in [0, 0.05) is 18.6 Å². The number of carbonyl (C=O) groups is 2. The number of ether oxygens (including phenoxy) is 2. The van der Waals surface area contributed by atoms with Crippen molar-refractivity contribution < 1.29 is 29.3 Å². The molecule has 0 saturated carbocycles. The first-order valence-corrected chi connectivity index (χ1v) is 5.70. The van der Waals surface area contributed by atoms with E-state index in [0.29, 0.717) is 0 Å². The fourth-order valence-electron chi connectivity index (χ4n) is 1.53. The van der Waals surface area contributed by atoms with Gasteiger partial charge in [0.1, 0.15) is 11.5 Å².